The fraction of sp³-hybridized carbons (Fsp3) is 0.294. The van der Waals surface area contributed by atoms with Crippen LogP contribution >= 0.6 is 11.6 Å². The highest BCUT2D eigenvalue weighted by Crippen LogP contribution is 2.22. The second-order valence-corrected chi connectivity index (χ2v) is 5.73. The Hall–Kier alpha value is -1.35. The summed E-state index contributed by atoms with van der Waals surface area (Å²) in [4.78, 5) is 0. The minimum absolute atomic E-state index is 0.129. The second-order valence-electron chi connectivity index (χ2n) is 5.30. The maximum atomic E-state index is 10.5. The van der Waals surface area contributed by atoms with Gasteiger partial charge in [0.05, 0.1) is 5.60 Å². The Bertz CT molecular complexity index is 554. The first kappa shape index (κ1) is 15.0. The van der Waals surface area contributed by atoms with Gasteiger partial charge in [-0.2, -0.15) is 0 Å². The largest absolute Gasteiger partial charge is 0.384 e. The van der Waals surface area contributed by atoms with Gasteiger partial charge < -0.3 is 10.4 Å². The molecule has 2 aromatic rings. The predicted octanol–water partition coefficient (Wildman–Crippen LogP) is 3.90. The van der Waals surface area contributed by atoms with Crippen molar-refractivity contribution < 1.29 is 5.11 Å². The van der Waals surface area contributed by atoms with Crippen LogP contribution < -0.4 is 5.32 Å². The first-order valence-corrected chi connectivity index (χ1v) is 7.13. The monoisotopic (exact) mass is 289 g/mol. The Kier molecular flexibility index (Phi) is 4.81. The van der Waals surface area contributed by atoms with E-state index < -0.39 is 5.60 Å². The molecule has 0 aliphatic rings. The minimum atomic E-state index is -0.895. The molecule has 106 valence electrons. The first-order chi connectivity index (χ1) is 9.49. The van der Waals surface area contributed by atoms with Crippen LogP contribution in [0.5, 0.6) is 0 Å². The third-order valence-electron chi connectivity index (χ3n) is 3.50. The number of nitrogens with one attached hydrogen (secondary N) is 1. The molecule has 0 aromatic heterocycles. The molecule has 0 aliphatic carbocycles. The molecule has 2 aromatic carbocycles. The summed E-state index contributed by atoms with van der Waals surface area (Å²) < 4.78 is 0. The molecule has 2 N–H and O–H groups in total. The molecule has 20 heavy (non-hydrogen) atoms. The predicted molar refractivity (Wildman–Crippen MR) is 83.9 cm³/mol. The number of hydrogen-bond donors (Lipinski definition) is 2. The number of aliphatic hydroxyl groups is 1. The van der Waals surface area contributed by atoms with Crippen LogP contribution in [0.15, 0.2) is 54.6 Å². The zero-order valence-corrected chi connectivity index (χ0v) is 12.6. The molecule has 0 heterocycles. The van der Waals surface area contributed by atoms with Gasteiger partial charge in [0.25, 0.3) is 0 Å². The number of hydrogen-bond acceptors (Lipinski definition) is 2. The van der Waals surface area contributed by atoms with Gasteiger partial charge in [0.2, 0.25) is 0 Å². The highest BCUT2D eigenvalue weighted by molar-refractivity contribution is 6.30. The van der Waals surface area contributed by atoms with E-state index in [9.17, 15) is 5.11 Å². The van der Waals surface area contributed by atoms with E-state index in [0.717, 1.165) is 16.1 Å². The summed E-state index contributed by atoms with van der Waals surface area (Å²) in [6.07, 6.45) is 0. The molecule has 0 saturated carbocycles. The van der Waals surface area contributed by atoms with Gasteiger partial charge in [0, 0.05) is 17.6 Å². The van der Waals surface area contributed by atoms with E-state index in [0.29, 0.717) is 6.54 Å². The molecular weight excluding hydrogens is 270 g/mol. The Balaban J connectivity index is 2.01. The van der Waals surface area contributed by atoms with Crippen LogP contribution in [0.3, 0.4) is 0 Å². The van der Waals surface area contributed by atoms with Gasteiger partial charge in [-0.05, 0) is 37.1 Å². The zero-order valence-electron chi connectivity index (χ0n) is 11.8. The van der Waals surface area contributed by atoms with Gasteiger partial charge in [-0.1, -0.05) is 54.1 Å². The molecule has 0 fully saturated rings. The fourth-order valence-corrected chi connectivity index (χ4v) is 2.34. The fourth-order valence-electron chi connectivity index (χ4n) is 2.14. The van der Waals surface area contributed by atoms with Gasteiger partial charge in [-0.3, -0.25) is 0 Å². The van der Waals surface area contributed by atoms with E-state index in [-0.39, 0.29) is 6.04 Å². The molecule has 2 nitrogen and oxygen atoms in total. The van der Waals surface area contributed by atoms with Gasteiger partial charge in [0.15, 0.2) is 0 Å². The molecule has 0 spiro atoms. The lowest BCUT2D eigenvalue weighted by atomic mass is 9.95. The molecule has 1 unspecified atom stereocenters. The van der Waals surface area contributed by atoms with Crippen LogP contribution in [0.2, 0.25) is 5.02 Å². The third-order valence-corrected chi connectivity index (χ3v) is 3.73. The SMILES string of the molecule is C[C@H](NCC(C)(O)c1ccccc1)c1cccc(Cl)c1. The average molecular weight is 290 g/mol. The van der Waals surface area contributed by atoms with Crippen molar-refractivity contribution in [2.75, 3.05) is 6.54 Å². The lowest BCUT2D eigenvalue weighted by Crippen LogP contribution is -2.36. The van der Waals surface area contributed by atoms with Crippen molar-refractivity contribution >= 4 is 11.6 Å². The maximum absolute atomic E-state index is 10.5. The summed E-state index contributed by atoms with van der Waals surface area (Å²) in [6.45, 7) is 4.36. The van der Waals surface area contributed by atoms with Gasteiger partial charge >= 0.3 is 0 Å². The van der Waals surface area contributed by atoms with Crippen LogP contribution in [-0.4, -0.2) is 11.7 Å². The van der Waals surface area contributed by atoms with E-state index in [2.05, 4.69) is 12.2 Å². The van der Waals surface area contributed by atoms with Gasteiger partial charge in [-0.15, -0.1) is 0 Å². The molecule has 0 amide bonds. The Morgan fingerprint density at radius 1 is 1.15 bits per heavy atom. The summed E-state index contributed by atoms with van der Waals surface area (Å²) in [6, 6.07) is 17.6. The van der Waals surface area contributed by atoms with Crippen LogP contribution in [0.25, 0.3) is 0 Å². The van der Waals surface area contributed by atoms with E-state index in [1.54, 1.807) is 0 Å². The van der Waals surface area contributed by atoms with E-state index >= 15 is 0 Å². The molecular formula is C17H20ClNO. The number of rotatable bonds is 5. The van der Waals surface area contributed by atoms with Crippen molar-refractivity contribution in [2.24, 2.45) is 0 Å². The zero-order chi connectivity index (χ0) is 14.6. The van der Waals surface area contributed by atoms with Crippen LogP contribution in [0.1, 0.15) is 31.0 Å². The average Bonchev–Trinajstić information content (AvgIpc) is 2.46. The standard InChI is InChI=1S/C17H20ClNO/c1-13(14-7-6-10-16(18)11-14)19-12-17(2,20)15-8-4-3-5-9-15/h3-11,13,19-20H,12H2,1-2H3/t13-,17?/m0/s1. The Morgan fingerprint density at radius 2 is 1.85 bits per heavy atom. The quantitative estimate of drug-likeness (QED) is 0.875. The number of halogens is 1. The van der Waals surface area contributed by atoms with E-state index in [4.69, 9.17) is 11.6 Å². The summed E-state index contributed by atoms with van der Waals surface area (Å²) in [5, 5.41) is 14.6. The van der Waals surface area contributed by atoms with E-state index in [1.807, 2.05) is 61.5 Å². The molecule has 0 saturated heterocycles. The Morgan fingerprint density at radius 3 is 2.50 bits per heavy atom. The minimum Gasteiger partial charge on any atom is -0.384 e. The summed E-state index contributed by atoms with van der Waals surface area (Å²) in [5.41, 5.74) is 1.13. The Labute approximate surface area is 125 Å². The van der Waals surface area contributed by atoms with Gasteiger partial charge in [-0.25, -0.2) is 0 Å². The van der Waals surface area contributed by atoms with Crippen molar-refractivity contribution in [3.63, 3.8) is 0 Å². The second kappa shape index (κ2) is 6.40. The lowest BCUT2D eigenvalue weighted by Gasteiger charge is -2.26. The highest BCUT2D eigenvalue weighted by Gasteiger charge is 2.23. The number of benzene rings is 2. The van der Waals surface area contributed by atoms with Crippen LogP contribution in [-0.2, 0) is 5.60 Å². The summed E-state index contributed by atoms with van der Waals surface area (Å²) >= 11 is 6.00. The normalized spacial score (nSPS) is 15.6. The summed E-state index contributed by atoms with van der Waals surface area (Å²) in [5.74, 6) is 0. The molecule has 2 atom stereocenters. The lowest BCUT2D eigenvalue weighted by molar-refractivity contribution is 0.0543. The molecule has 0 bridgehead atoms. The highest BCUT2D eigenvalue weighted by atomic mass is 35.5. The summed E-state index contributed by atoms with van der Waals surface area (Å²) in [7, 11) is 0. The van der Waals surface area contributed by atoms with Crippen molar-refractivity contribution in [1.82, 2.24) is 5.32 Å². The molecule has 3 heteroatoms. The maximum Gasteiger partial charge on any atom is 0.0992 e. The molecule has 2 rings (SSSR count). The van der Waals surface area contributed by atoms with Crippen LogP contribution in [0.4, 0.5) is 0 Å². The topological polar surface area (TPSA) is 32.3 Å². The molecule has 0 radical (unpaired) electrons. The van der Waals surface area contributed by atoms with Crippen LogP contribution in [0, 0.1) is 0 Å². The van der Waals surface area contributed by atoms with Gasteiger partial charge in [0.1, 0.15) is 0 Å². The van der Waals surface area contributed by atoms with E-state index in [1.165, 1.54) is 0 Å². The van der Waals surface area contributed by atoms with Crippen molar-refractivity contribution in [2.45, 2.75) is 25.5 Å². The smallest absolute Gasteiger partial charge is 0.0992 e. The van der Waals surface area contributed by atoms with Crippen molar-refractivity contribution in [1.29, 1.82) is 0 Å². The third kappa shape index (κ3) is 3.83. The first-order valence-electron chi connectivity index (χ1n) is 6.76. The van der Waals surface area contributed by atoms with Crippen molar-refractivity contribution in [3.05, 3.63) is 70.7 Å². The molecule has 0 aliphatic heterocycles. The van der Waals surface area contributed by atoms with Crippen molar-refractivity contribution in [3.8, 4) is 0 Å².